The van der Waals surface area contributed by atoms with Crippen LogP contribution in [0, 0.1) is 0 Å². The maximum absolute atomic E-state index is 12.3. The average Bonchev–Trinajstić information content (AvgIpc) is 2.49. The Hall–Kier alpha value is -2.00. The van der Waals surface area contributed by atoms with Gasteiger partial charge in [0.25, 0.3) is 5.91 Å². The topological polar surface area (TPSA) is 38.3 Å². The Bertz CT molecular complexity index is 655. The highest BCUT2D eigenvalue weighted by atomic mass is 35.5. The minimum Gasteiger partial charge on any atom is -0.481 e. The van der Waals surface area contributed by atoms with Crippen molar-refractivity contribution in [1.82, 2.24) is 0 Å². The summed E-state index contributed by atoms with van der Waals surface area (Å²) < 4.78 is 5.83. The summed E-state index contributed by atoms with van der Waals surface area (Å²) in [5.41, 5.74) is 1.67. The summed E-state index contributed by atoms with van der Waals surface area (Å²) in [4.78, 5) is 12.3. The molecular formula is C18H20ClNO2. The molecule has 1 amide bonds. The Kier molecular flexibility index (Phi) is 5.45. The smallest absolute Gasteiger partial charge is 0.265 e. The average molecular weight is 318 g/mol. The molecule has 0 bridgehead atoms. The number of para-hydroxylation sites is 2. The van der Waals surface area contributed by atoms with E-state index >= 15 is 0 Å². The van der Waals surface area contributed by atoms with Crippen LogP contribution in [0.4, 0.5) is 5.69 Å². The number of benzene rings is 2. The monoisotopic (exact) mass is 317 g/mol. The van der Waals surface area contributed by atoms with Crippen molar-refractivity contribution in [2.45, 2.75) is 32.8 Å². The molecule has 2 aromatic rings. The van der Waals surface area contributed by atoms with E-state index in [4.69, 9.17) is 16.3 Å². The zero-order chi connectivity index (χ0) is 16.1. The van der Waals surface area contributed by atoms with Crippen LogP contribution < -0.4 is 10.1 Å². The van der Waals surface area contributed by atoms with Gasteiger partial charge < -0.3 is 10.1 Å². The minimum atomic E-state index is -0.615. The molecule has 0 fully saturated rings. The number of rotatable bonds is 5. The second-order valence-corrected chi connectivity index (χ2v) is 5.83. The molecule has 3 nitrogen and oxygen atoms in total. The van der Waals surface area contributed by atoms with Crippen molar-refractivity contribution in [3.8, 4) is 5.75 Å². The predicted molar refractivity (Wildman–Crippen MR) is 90.7 cm³/mol. The van der Waals surface area contributed by atoms with Crippen molar-refractivity contribution < 1.29 is 9.53 Å². The van der Waals surface area contributed by atoms with E-state index in [0.29, 0.717) is 16.6 Å². The highest BCUT2D eigenvalue weighted by Gasteiger charge is 2.18. The molecule has 0 aliphatic carbocycles. The maximum Gasteiger partial charge on any atom is 0.265 e. The van der Waals surface area contributed by atoms with Crippen LogP contribution in [0.5, 0.6) is 5.75 Å². The maximum atomic E-state index is 12.3. The Morgan fingerprint density at radius 1 is 1.05 bits per heavy atom. The van der Waals surface area contributed by atoms with Gasteiger partial charge in [-0.05, 0) is 36.6 Å². The van der Waals surface area contributed by atoms with Crippen LogP contribution in [-0.2, 0) is 4.79 Å². The summed E-state index contributed by atoms with van der Waals surface area (Å²) >= 11 is 6.04. The second-order valence-electron chi connectivity index (χ2n) is 5.42. The summed E-state index contributed by atoms with van der Waals surface area (Å²) in [5.74, 6) is 0.834. The van der Waals surface area contributed by atoms with Gasteiger partial charge in [0.15, 0.2) is 6.10 Å². The van der Waals surface area contributed by atoms with Gasteiger partial charge in [0, 0.05) is 0 Å². The molecule has 22 heavy (non-hydrogen) atoms. The second kappa shape index (κ2) is 7.32. The van der Waals surface area contributed by atoms with Crippen LogP contribution >= 0.6 is 11.6 Å². The molecule has 1 N–H and O–H groups in total. The molecule has 116 valence electrons. The lowest BCUT2D eigenvalue weighted by atomic mass is 10.0. The number of carbonyl (C=O) groups excluding carboxylic acids is 1. The van der Waals surface area contributed by atoms with Crippen LogP contribution in [0.15, 0.2) is 48.5 Å². The molecule has 0 saturated carbocycles. The first-order valence-corrected chi connectivity index (χ1v) is 7.67. The van der Waals surface area contributed by atoms with Crippen LogP contribution in [0.2, 0.25) is 5.02 Å². The molecule has 1 atom stereocenters. The van der Waals surface area contributed by atoms with E-state index in [1.807, 2.05) is 36.4 Å². The molecule has 0 heterocycles. The van der Waals surface area contributed by atoms with Crippen molar-refractivity contribution in [1.29, 1.82) is 0 Å². The molecule has 2 rings (SSSR count). The lowest BCUT2D eigenvalue weighted by Crippen LogP contribution is -2.30. The number of anilines is 1. The lowest BCUT2D eigenvalue weighted by Gasteiger charge is -2.19. The molecule has 2 aromatic carbocycles. The van der Waals surface area contributed by atoms with Gasteiger partial charge in [-0.3, -0.25) is 4.79 Å². The molecule has 0 saturated heterocycles. The fraction of sp³-hybridized carbons (Fsp3) is 0.278. The minimum absolute atomic E-state index is 0.230. The van der Waals surface area contributed by atoms with Gasteiger partial charge in [-0.2, -0.15) is 0 Å². The third-order valence-electron chi connectivity index (χ3n) is 3.35. The van der Waals surface area contributed by atoms with Crippen LogP contribution in [0.3, 0.4) is 0 Å². The third-order valence-corrected chi connectivity index (χ3v) is 3.68. The fourth-order valence-corrected chi connectivity index (χ4v) is 2.29. The normalized spacial score (nSPS) is 12.0. The number of halogens is 1. The summed E-state index contributed by atoms with van der Waals surface area (Å²) in [5, 5.41) is 3.29. The zero-order valence-electron chi connectivity index (χ0n) is 13.0. The Labute approximate surface area is 136 Å². The van der Waals surface area contributed by atoms with Crippen LogP contribution in [0.1, 0.15) is 32.3 Å². The number of hydrogen-bond donors (Lipinski definition) is 1. The fourth-order valence-electron chi connectivity index (χ4n) is 2.11. The molecule has 0 radical (unpaired) electrons. The van der Waals surface area contributed by atoms with Gasteiger partial charge in [0.1, 0.15) is 5.75 Å². The van der Waals surface area contributed by atoms with E-state index in [-0.39, 0.29) is 5.91 Å². The molecule has 0 aliphatic rings. The van der Waals surface area contributed by atoms with Gasteiger partial charge in [-0.25, -0.2) is 0 Å². The van der Waals surface area contributed by atoms with E-state index < -0.39 is 6.10 Å². The van der Waals surface area contributed by atoms with Gasteiger partial charge in [0.05, 0.1) is 10.7 Å². The van der Waals surface area contributed by atoms with Gasteiger partial charge in [-0.1, -0.05) is 55.8 Å². The molecule has 0 aliphatic heterocycles. The first kappa shape index (κ1) is 16.4. The number of hydrogen-bond acceptors (Lipinski definition) is 2. The van der Waals surface area contributed by atoms with Crippen molar-refractivity contribution >= 4 is 23.2 Å². The van der Waals surface area contributed by atoms with Crippen LogP contribution in [-0.4, -0.2) is 12.0 Å². The first-order chi connectivity index (χ1) is 10.5. The molecule has 0 spiro atoms. The van der Waals surface area contributed by atoms with E-state index in [1.165, 1.54) is 0 Å². The van der Waals surface area contributed by atoms with E-state index in [9.17, 15) is 4.79 Å². The standard InChI is InChI=1S/C18H20ClNO2/c1-12(2)14-8-4-7-11-17(14)22-13(3)18(21)20-16-10-6-5-9-15(16)19/h4-13H,1-3H3,(H,20,21)/t13-/m0/s1. The Morgan fingerprint density at radius 3 is 2.36 bits per heavy atom. The molecule has 4 heteroatoms. The largest absolute Gasteiger partial charge is 0.481 e. The SMILES string of the molecule is CC(C)c1ccccc1O[C@@H](C)C(=O)Nc1ccccc1Cl. The molecule has 0 aromatic heterocycles. The molecule has 0 unspecified atom stereocenters. The number of amides is 1. The Balaban J connectivity index is 2.08. The third kappa shape index (κ3) is 4.01. The van der Waals surface area contributed by atoms with E-state index in [2.05, 4.69) is 19.2 Å². The molecular weight excluding hydrogens is 298 g/mol. The number of nitrogens with one attached hydrogen (secondary N) is 1. The summed E-state index contributed by atoms with van der Waals surface area (Å²) in [6.45, 7) is 5.91. The summed E-state index contributed by atoms with van der Waals surface area (Å²) in [6.07, 6.45) is -0.615. The highest BCUT2D eigenvalue weighted by molar-refractivity contribution is 6.33. The summed E-state index contributed by atoms with van der Waals surface area (Å²) in [6, 6.07) is 14.9. The van der Waals surface area contributed by atoms with E-state index in [0.717, 1.165) is 11.3 Å². The summed E-state index contributed by atoms with van der Waals surface area (Å²) in [7, 11) is 0. The van der Waals surface area contributed by atoms with Crippen molar-refractivity contribution in [2.75, 3.05) is 5.32 Å². The highest BCUT2D eigenvalue weighted by Crippen LogP contribution is 2.27. The van der Waals surface area contributed by atoms with Gasteiger partial charge >= 0.3 is 0 Å². The Morgan fingerprint density at radius 2 is 1.68 bits per heavy atom. The lowest BCUT2D eigenvalue weighted by molar-refractivity contribution is -0.122. The number of ether oxygens (including phenoxy) is 1. The number of carbonyl (C=O) groups is 1. The quantitative estimate of drug-likeness (QED) is 0.854. The van der Waals surface area contributed by atoms with Crippen molar-refractivity contribution in [2.24, 2.45) is 0 Å². The van der Waals surface area contributed by atoms with Crippen molar-refractivity contribution in [3.63, 3.8) is 0 Å². The predicted octanol–water partition coefficient (Wildman–Crippen LogP) is 4.87. The van der Waals surface area contributed by atoms with Crippen LogP contribution in [0.25, 0.3) is 0 Å². The van der Waals surface area contributed by atoms with Crippen molar-refractivity contribution in [3.05, 3.63) is 59.1 Å². The van der Waals surface area contributed by atoms with Gasteiger partial charge in [-0.15, -0.1) is 0 Å². The van der Waals surface area contributed by atoms with E-state index in [1.54, 1.807) is 19.1 Å². The first-order valence-electron chi connectivity index (χ1n) is 7.30. The zero-order valence-corrected chi connectivity index (χ0v) is 13.7. The van der Waals surface area contributed by atoms with Gasteiger partial charge in [0.2, 0.25) is 0 Å².